The normalized spacial score (nSPS) is 11.6. The van der Waals surface area contributed by atoms with E-state index >= 15 is 0 Å². The first-order valence-electron chi connectivity index (χ1n) is 9.03. The van der Waals surface area contributed by atoms with Crippen molar-refractivity contribution in [1.82, 2.24) is 9.97 Å². The average molecular weight is 396 g/mol. The van der Waals surface area contributed by atoms with Crippen molar-refractivity contribution < 1.29 is 9.47 Å². The van der Waals surface area contributed by atoms with E-state index in [0.29, 0.717) is 30.6 Å². The molecule has 2 aromatic carbocycles. The maximum atomic E-state index is 5.99. The predicted octanol–water partition coefficient (Wildman–Crippen LogP) is 4.93. The molecular weight excluding hydrogens is 374 g/mol. The second kappa shape index (κ2) is 9.84. The quantitative estimate of drug-likeness (QED) is 0.398. The van der Waals surface area contributed by atoms with Crippen LogP contribution >= 0.6 is 11.6 Å². The van der Waals surface area contributed by atoms with Crippen LogP contribution in [0.3, 0.4) is 0 Å². The molecule has 0 bridgehead atoms. The number of imidazole rings is 1. The number of aromatic nitrogens is 2. The summed E-state index contributed by atoms with van der Waals surface area (Å²) in [5, 5.41) is 4.06. The summed E-state index contributed by atoms with van der Waals surface area (Å²) in [7, 11) is 0. The lowest BCUT2D eigenvalue weighted by Gasteiger charge is -2.19. The van der Waals surface area contributed by atoms with Gasteiger partial charge in [-0.3, -0.25) is 0 Å². The molecule has 6 heteroatoms. The van der Waals surface area contributed by atoms with E-state index in [0.717, 1.165) is 22.6 Å². The summed E-state index contributed by atoms with van der Waals surface area (Å²) in [6.07, 6.45) is 9.29. The van der Waals surface area contributed by atoms with Crippen LogP contribution in [0.1, 0.15) is 18.5 Å². The Labute approximate surface area is 170 Å². The van der Waals surface area contributed by atoms with Gasteiger partial charge in [0.25, 0.3) is 0 Å². The van der Waals surface area contributed by atoms with Crippen LogP contribution in [0.5, 0.6) is 5.75 Å². The van der Waals surface area contributed by atoms with Gasteiger partial charge < -0.3 is 19.8 Å². The van der Waals surface area contributed by atoms with Gasteiger partial charge in [0.05, 0.1) is 12.3 Å². The Morgan fingerprint density at radius 1 is 1.21 bits per heavy atom. The van der Waals surface area contributed by atoms with Crippen molar-refractivity contribution >= 4 is 17.3 Å². The van der Waals surface area contributed by atoms with Gasteiger partial charge in [-0.05, 0) is 42.8 Å². The first kappa shape index (κ1) is 19.8. The van der Waals surface area contributed by atoms with Gasteiger partial charge in [-0.1, -0.05) is 29.7 Å². The number of nitrogens with zero attached hydrogens (tertiary/aromatic N) is 1. The summed E-state index contributed by atoms with van der Waals surface area (Å²) in [4.78, 5) is 7.42. The number of ether oxygens (including phenoxy) is 2. The third kappa shape index (κ3) is 5.07. The molecule has 3 aromatic rings. The molecule has 0 saturated carbocycles. The lowest BCUT2D eigenvalue weighted by atomic mass is 10.1. The SMILES string of the molecule is C#CC(Nc1cc(-c2ncc[nH]2)ccc1OCCOCC)c1ccc(Cl)cc1. The maximum Gasteiger partial charge on any atom is 0.142 e. The Kier molecular flexibility index (Phi) is 6.96. The molecule has 0 radical (unpaired) electrons. The zero-order chi connectivity index (χ0) is 19.8. The van der Waals surface area contributed by atoms with Crippen molar-refractivity contribution in [3.8, 4) is 29.5 Å². The van der Waals surface area contributed by atoms with Gasteiger partial charge in [0.15, 0.2) is 0 Å². The third-order valence-electron chi connectivity index (χ3n) is 4.11. The van der Waals surface area contributed by atoms with Gasteiger partial charge in [-0.2, -0.15) is 0 Å². The molecule has 2 N–H and O–H groups in total. The number of terminal acetylenes is 1. The Morgan fingerprint density at radius 2 is 2.04 bits per heavy atom. The summed E-state index contributed by atoms with van der Waals surface area (Å²) in [5.41, 5.74) is 2.65. The Bertz CT molecular complexity index is 918. The topological polar surface area (TPSA) is 59.2 Å². The van der Waals surface area contributed by atoms with Gasteiger partial charge in [0.2, 0.25) is 0 Å². The number of aromatic amines is 1. The second-order valence-electron chi connectivity index (χ2n) is 5.99. The van der Waals surface area contributed by atoms with E-state index in [1.165, 1.54) is 0 Å². The number of rotatable bonds is 9. The maximum absolute atomic E-state index is 5.99. The largest absolute Gasteiger partial charge is 0.489 e. The monoisotopic (exact) mass is 395 g/mol. The molecule has 1 heterocycles. The Hall–Kier alpha value is -2.94. The van der Waals surface area contributed by atoms with E-state index in [9.17, 15) is 0 Å². The molecule has 144 valence electrons. The average Bonchev–Trinajstić information content (AvgIpc) is 3.26. The van der Waals surface area contributed by atoms with E-state index in [4.69, 9.17) is 27.5 Å². The van der Waals surface area contributed by atoms with Crippen molar-refractivity contribution in [2.24, 2.45) is 0 Å². The van der Waals surface area contributed by atoms with Crippen LogP contribution in [0.15, 0.2) is 54.9 Å². The highest BCUT2D eigenvalue weighted by Gasteiger charge is 2.14. The standard InChI is InChI=1S/C22H22ClN3O2/c1-3-19(16-5-8-18(23)9-6-16)26-20-15-17(22-24-11-12-25-22)7-10-21(20)28-14-13-27-4-2/h1,5-12,15,19,26H,4,13-14H2,2H3,(H,24,25). The Morgan fingerprint density at radius 3 is 2.71 bits per heavy atom. The molecule has 0 fully saturated rings. The molecule has 0 saturated heterocycles. The summed E-state index contributed by atoms with van der Waals surface area (Å²) in [6, 6.07) is 12.9. The lowest BCUT2D eigenvalue weighted by Crippen LogP contribution is -2.12. The first-order chi connectivity index (χ1) is 13.7. The molecule has 5 nitrogen and oxygen atoms in total. The molecule has 0 aliphatic rings. The summed E-state index contributed by atoms with van der Waals surface area (Å²) in [6.45, 7) is 3.58. The van der Waals surface area contributed by atoms with E-state index in [1.54, 1.807) is 12.4 Å². The van der Waals surface area contributed by atoms with Gasteiger partial charge in [0.1, 0.15) is 24.2 Å². The minimum absolute atomic E-state index is 0.335. The van der Waals surface area contributed by atoms with Crippen molar-refractivity contribution in [3.63, 3.8) is 0 Å². The van der Waals surface area contributed by atoms with E-state index in [1.807, 2.05) is 49.4 Å². The van der Waals surface area contributed by atoms with Crippen molar-refractivity contribution in [2.45, 2.75) is 13.0 Å². The van der Waals surface area contributed by atoms with Gasteiger partial charge in [-0.15, -0.1) is 6.42 Å². The molecule has 1 unspecified atom stereocenters. The fourth-order valence-corrected chi connectivity index (χ4v) is 2.85. The van der Waals surface area contributed by atoms with Crippen LogP contribution in [0.2, 0.25) is 5.02 Å². The van der Waals surface area contributed by atoms with Gasteiger partial charge in [0, 0.05) is 29.6 Å². The number of nitrogens with one attached hydrogen (secondary N) is 2. The molecular formula is C22H22ClN3O2. The highest BCUT2D eigenvalue weighted by Crippen LogP contribution is 2.32. The minimum Gasteiger partial charge on any atom is -0.489 e. The van der Waals surface area contributed by atoms with Crippen LogP contribution in [0, 0.1) is 12.3 Å². The molecule has 1 aromatic heterocycles. The van der Waals surface area contributed by atoms with Crippen LogP contribution in [-0.2, 0) is 4.74 Å². The van der Waals surface area contributed by atoms with E-state index in [2.05, 4.69) is 21.2 Å². The number of H-pyrrole nitrogens is 1. The number of hydrogen-bond donors (Lipinski definition) is 2. The number of hydrogen-bond acceptors (Lipinski definition) is 4. The van der Waals surface area contributed by atoms with Gasteiger partial charge >= 0.3 is 0 Å². The van der Waals surface area contributed by atoms with E-state index < -0.39 is 0 Å². The number of anilines is 1. The zero-order valence-electron chi connectivity index (χ0n) is 15.6. The molecule has 3 rings (SSSR count). The van der Waals surface area contributed by atoms with Crippen LogP contribution in [0.25, 0.3) is 11.4 Å². The molecule has 0 spiro atoms. The highest BCUT2D eigenvalue weighted by atomic mass is 35.5. The number of benzene rings is 2. The molecule has 28 heavy (non-hydrogen) atoms. The van der Waals surface area contributed by atoms with E-state index in [-0.39, 0.29) is 6.04 Å². The van der Waals surface area contributed by atoms with Crippen molar-refractivity contribution in [3.05, 3.63) is 65.4 Å². The van der Waals surface area contributed by atoms with Crippen LogP contribution in [-0.4, -0.2) is 29.8 Å². The summed E-state index contributed by atoms with van der Waals surface area (Å²) in [5.74, 6) is 4.26. The summed E-state index contributed by atoms with van der Waals surface area (Å²) < 4.78 is 11.3. The zero-order valence-corrected chi connectivity index (χ0v) is 16.4. The first-order valence-corrected chi connectivity index (χ1v) is 9.41. The van der Waals surface area contributed by atoms with Crippen LogP contribution in [0.4, 0.5) is 5.69 Å². The Balaban J connectivity index is 1.87. The fourth-order valence-electron chi connectivity index (χ4n) is 2.73. The smallest absolute Gasteiger partial charge is 0.142 e. The molecule has 1 atom stereocenters. The van der Waals surface area contributed by atoms with Crippen LogP contribution < -0.4 is 10.1 Å². The summed E-state index contributed by atoms with van der Waals surface area (Å²) >= 11 is 5.99. The molecule has 0 amide bonds. The van der Waals surface area contributed by atoms with Gasteiger partial charge in [-0.25, -0.2) is 4.98 Å². The molecule has 0 aliphatic heterocycles. The fraction of sp³-hybridized carbons (Fsp3) is 0.227. The number of halogens is 1. The van der Waals surface area contributed by atoms with Crippen molar-refractivity contribution in [1.29, 1.82) is 0 Å². The highest BCUT2D eigenvalue weighted by molar-refractivity contribution is 6.30. The second-order valence-corrected chi connectivity index (χ2v) is 6.43. The minimum atomic E-state index is -0.335. The van der Waals surface area contributed by atoms with Crippen molar-refractivity contribution in [2.75, 3.05) is 25.1 Å². The predicted molar refractivity (Wildman–Crippen MR) is 113 cm³/mol. The third-order valence-corrected chi connectivity index (χ3v) is 4.36. The molecule has 0 aliphatic carbocycles. The lowest BCUT2D eigenvalue weighted by molar-refractivity contribution is 0.110.